The van der Waals surface area contributed by atoms with Gasteiger partial charge in [-0.15, -0.1) is 11.8 Å². The maximum Gasteiger partial charge on any atom is 0.329 e. The number of nitrogens with zero attached hydrogens (tertiary/aromatic N) is 1. The van der Waals surface area contributed by atoms with Crippen LogP contribution in [-0.2, 0) is 0 Å². The molecule has 1 aliphatic rings. The molecule has 1 aromatic heterocycles. The highest BCUT2D eigenvalue weighted by Gasteiger charge is 2.41. The van der Waals surface area contributed by atoms with Crippen molar-refractivity contribution in [3.05, 3.63) is 32.9 Å². The molecule has 0 unspecified atom stereocenters. The van der Waals surface area contributed by atoms with Crippen molar-refractivity contribution in [2.45, 2.75) is 29.8 Å². The van der Waals surface area contributed by atoms with Crippen molar-refractivity contribution >= 4 is 11.8 Å². The zero-order valence-corrected chi connectivity index (χ0v) is 9.65. The minimum absolute atomic E-state index is 0.281. The normalized spacial score (nSPS) is 32.9. The van der Waals surface area contributed by atoms with Crippen molar-refractivity contribution in [1.82, 2.24) is 9.55 Å². The SMILES string of the molecule is C[C@@H]1S[C@@H](n2cc(F)c(=O)[nH]c2=O)[C@H](O)[C@@H]1O. The molecule has 0 aliphatic carbocycles. The fourth-order valence-electron chi connectivity index (χ4n) is 1.71. The van der Waals surface area contributed by atoms with Crippen LogP contribution in [-0.4, -0.2) is 37.2 Å². The summed E-state index contributed by atoms with van der Waals surface area (Å²) < 4.78 is 14.0. The van der Waals surface area contributed by atoms with Gasteiger partial charge in [-0.1, -0.05) is 6.92 Å². The third-order valence-electron chi connectivity index (χ3n) is 2.68. The van der Waals surface area contributed by atoms with Crippen LogP contribution in [0.25, 0.3) is 0 Å². The van der Waals surface area contributed by atoms with Crippen LogP contribution in [0.2, 0.25) is 0 Å². The molecule has 0 amide bonds. The lowest BCUT2D eigenvalue weighted by Crippen LogP contribution is -2.37. The first kappa shape index (κ1) is 12.3. The first-order valence-corrected chi connectivity index (χ1v) is 5.88. The van der Waals surface area contributed by atoms with Gasteiger partial charge in [0, 0.05) is 5.25 Å². The molecule has 6 nitrogen and oxygen atoms in total. The summed E-state index contributed by atoms with van der Waals surface area (Å²) in [6.07, 6.45) is -1.43. The van der Waals surface area contributed by atoms with Gasteiger partial charge in [0.2, 0.25) is 5.82 Å². The third-order valence-corrected chi connectivity index (χ3v) is 4.17. The van der Waals surface area contributed by atoms with E-state index < -0.39 is 34.6 Å². The topological polar surface area (TPSA) is 95.3 Å². The fourth-order valence-corrected chi connectivity index (χ4v) is 3.08. The van der Waals surface area contributed by atoms with E-state index in [4.69, 9.17) is 0 Å². The van der Waals surface area contributed by atoms with Gasteiger partial charge in [0.1, 0.15) is 11.5 Å². The van der Waals surface area contributed by atoms with Gasteiger partial charge in [-0.05, 0) is 0 Å². The van der Waals surface area contributed by atoms with Crippen molar-refractivity contribution in [2.75, 3.05) is 0 Å². The molecule has 17 heavy (non-hydrogen) atoms. The number of aliphatic hydroxyl groups excluding tert-OH is 2. The molecule has 94 valence electrons. The van der Waals surface area contributed by atoms with Crippen LogP contribution in [0, 0.1) is 5.82 Å². The summed E-state index contributed by atoms with van der Waals surface area (Å²) in [5.74, 6) is -1.11. The number of thioether (sulfide) groups is 1. The van der Waals surface area contributed by atoms with Gasteiger partial charge < -0.3 is 10.2 Å². The van der Waals surface area contributed by atoms with E-state index in [1.54, 1.807) is 11.9 Å². The molecule has 4 atom stereocenters. The Morgan fingerprint density at radius 2 is 2.06 bits per heavy atom. The minimum Gasteiger partial charge on any atom is -0.389 e. The van der Waals surface area contributed by atoms with Crippen LogP contribution in [0.1, 0.15) is 12.3 Å². The second-order valence-corrected chi connectivity index (χ2v) is 5.36. The summed E-state index contributed by atoms with van der Waals surface area (Å²) in [5.41, 5.74) is -1.91. The molecule has 0 saturated carbocycles. The van der Waals surface area contributed by atoms with E-state index in [0.29, 0.717) is 0 Å². The maximum atomic E-state index is 13.1. The van der Waals surface area contributed by atoms with Crippen LogP contribution < -0.4 is 11.2 Å². The smallest absolute Gasteiger partial charge is 0.329 e. The molecule has 0 bridgehead atoms. The summed E-state index contributed by atoms with van der Waals surface area (Å²) >= 11 is 1.14. The van der Waals surface area contributed by atoms with Crippen LogP contribution in [0.3, 0.4) is 0 Å². The van der Waals surface area contributed by atoms with Gasteiger partial charge in [0.25, 0.3) is 5.56 Å². The van der Waals surface area contributed by atoms with Crippen LogP contribution in [0.15, 0.2) is 15.8 Å². The first-order chi connectivity index (χ1) is 7.91. The Kier molecular flexibility index (Phi) is 3.11. The molecule has 1 aliphatic heterocycles. The minimum atomic E-state index is -1.18. The quantitative estimate of drug-likeness (QED) is 0.605. The van der Waals surface area contributed by atoms with E-state index in [9.17, 15) is 24.2 Å². The predicted octanol–water partition coefficient (Wildman–Crippen LogP) is -0.969. The Labute approximate surface area is 99.1 Å². The zero-order chi connectivity index (χ0) is 12.7. The van der Waals surface area contributed by atoms with E-state index in [1.165, 1.54) is 0 Å². The fraction of sp³-hybridized carbons (Fsp3) is 0.556. The summed E-state index contributed by atoms with van der Waals surface area (Å²) in [4.78, 5) is 24.1. The van der Waals surface area contributed by atoms with E-state index in [-0.39, 0.29) is 5.25 Å². The standard InChI is InChI=1S/C9H11FN2O4S/c1-3-5(13)6(14)8(17-3)12-2-4(10)7(15)11-9(12)16/h2-3,5-6,8,13-14H,1H3,(H,11,15,16)/t3-,5+,6+,8+/m0/s1. The number of halogens is 1. The zero-order valence-electron chi connectivity index (χ0n) is 8.83. The molecular weight excluding hydrogens is 251 g/mol. The maximum absolute atomic E-state index is 13.1. The molecule has 8 heteroatoms. The van der Waals surface area contributed by atoms with E-state index in [2.05, 4.69) is 0 Å². The summed E-state index contributed by atoms with van der Waals surface area (Å²) in [6, 6.07) is 0. The molecule has 2 rings (SSSR count). The van der Waals surface area contributed by atoms with E-state index in [1.807, 2.05) is 0 Å². The Balaban J connectivity index is 2.46. The molecule has 2 heterocycles. The van der Waals surface area contributed by atoms with Crippen LogP contribution >= 0.6 is 11.8 Å². The summed E-state index contributed by atoms with van der Waals surface area (Å²) in [7, 11) is 0. The number of aromatic amines is 1. The van der Waals surface area contributed by atoms with Gasteiger partial charge in [-0.25, -0.2) is 4.79 Å². The predicted molar refractivity (Wildman–Crippen MR) is 59.4 cm³/mol. The Morgan fingerprint density at radius 1 is 1.41 bits per heavy atom. The van der Waals surface area contributed by atoms with Gasteiger partial charge in [-0.3, -0.25) is 14.3 Å². The highest BCUT2D eigenvalue weighted by atomic mass is 32.2. The molecule has 1 fully saturated rings. The van der Waals surface area contributed by atoms with E-state index >= 15 is 0 Å². The number of nitrogens with one attached hydrogen (secondary N) is 1. The Morgan fingerprint density at radius 3 is 2.59 bits per heavy atom. The van der Waals surface area contributed by atoms with E-state index in [0.717, 1.165) is 22.5 Å². The average molecular weight is 262 g/mol. The Hall–Kier alpha value is -1.12. The largest absolute Gasteiger partial charge is 0.389 e. The van der Waals surface area contributed by atoms with Gasteiger partial charge in [0.05, 0.1) is 12.3 Å². The molecule has 1 aromatic rings. The molecule has 1 saturated heterocycles. The number of aliphatic hydroxyl groups is 2. The van der Waals surface area contributed by atoms with Crippen LogP contribution in [0.5, 0.6) is 0 Å². The highest BCUT2D eigenvalue weighted by molar-refractivity contribution is 8.00. The molecule has 3 N–H and O–H groups in total. The Bertz CT molecular complexity index is 543. The number of hydrogen-bond acceptors (Lipinski definition) is 5. The van der Waals surface area contributed by atoms with Crippen molar-refractivity contribution in [2.24, 2.45) is 0 Å². The third kappa shape index (κ3) is 2.03. The van der Waals surface area contributed by atoms with Crippen molar-refractivity contribution in [1.29, 1.82) is 0 Å². The monoisotopic (exact) mass is 262 g/mol. The van der Waals surface area contributed by atoms with Crippen molar-refractivity contribution in [3.63, 3.8) is 0 Å². The van der Waals surface area contributed by atoms with Gasteiger partial charge in [0.15, 0.2) is 0 Å². The lowest BCUT2D eigenvalue weighted by atomic mass is 10.1. The highest BCUT2D eigenvalue weighted by Crippen LogP contribution is 2.40. The number of hydrogen-bond donors (Lipinski definition) is 3. The molecule has 0 spiro atoms. The molecule has 0 aromatic carbocycles. The average Bonchev–Trinajstić information content (AvgIpc) is 2.51. The number of aromatic nitrogens is 2. The van der Waals surface area contributed by atoms with Crippen LogP contribution in [0.4, 0.5) is 4.39 Å². The van der Waals surface area contributed by atoms with Crippen molar-refractivity contribution < 1.29 is 14.6 Å². The summed E-state index contributed by atoms with van der Waals surface area (Å²) in [6.45, 7) is 1.69. The molecule has 0 radical (unpaired) electrons. The second-order valence-electron chi connectivity index (χ2n) is 3.86. The van der Waals surface area contributed by atoms with Crippen molar-refractivity contribution in [3.8, 4) is 0 Å². The molecular formula is C9H11FN2O4S. The van der Waals surface area contributed by atoms with Gasteiger partial charge in [-0.2, -0.15) is 4.39 Å². The lowest BCUT2D eigenvalue weighted by Gasteiger charge is -2.17. The number of rotatable bonds is 1. The number of H-pyrrole nitrogens is 1. The lowest BCUT2D eigenvalue weighted by molar-refractivity contribution is 0.0191. The second kappa shape index (κ2) is 4.28. The van der Waals surface area contributed by atoms with Gasteiger partial charge >= 0.3 is 5.69 Å². The first-order valence-electron chi connectivity index (χ1n) is 4.94. The summed E-state index contributed by atoms with van der Waals surface area (Å²) in [5, 5.41) is 18.2.